The van der Waals surface area contributed by atoms with E-state index in [0.717, 1.165) is 0 Å². The molecule has 6 nitrogen and oxygen atoms in total. The van der Waals surface area contributed by atoms with Crippen LogP contribution in [0.4, 0.5) is 0 Å². The highest BCUT2D eigenvalue weighted by atomic mass is 16.5. The Balaban J connectivity index is 2.92. The predicted octanol–water partition coefficient (Wildman–Crippen LogP) is -0.406. The molecule has 0 bridgehead atoms. The molecule has 0 radical (unpaired) electrons. The van der Waals surface area contributed by atoms with Crippen LogP contribution in [-0.4, -0.2) is 32.9 Å². The van der Waals surface area contributed by atoms with Crippen molar-refractivity contribution in [2.75, 3.05) is 7.11 Å². The van der Waals surface area contributed by atoms with Crippen molar-refractivity contribution in [1.82, 2.24) is 9.13 Å². The Morgan fingerprint density at radius 2 is 2.06 bits per heavy atom. The van der Waals surface area contributed by atoms with Crippen LogP contribution in [0.25, 0.3) is 0 Å². The van der Waals surface area contributed by atoms with Crippen molar-refractivity contribution in [2.24, 2.45) is 0 Å². The first kappa shape index (κ1) is 12.5. The summed E-state index contributed by atoms with van der Waals surface area (Å²) in [6.45, 7) is 3.58. The van der Waals surface area contributed by atoms with Gasteiger partial charge in [0.2, 0.25) is 0 Å². The zero-order valence-electron chi connectivity index (χ0n) is 9.64. The van der Waals surface area contributed by atoms with Crippen molar-refractivity contribution in [2.45, 2.75) is 32.5 Å². The maximum atomic E-state index is 11.7. The molecule has 1 aromatic heterocycles. The van der Waals surface area contributed by atoms with E-state index < -0.39 is 11.6 Å². The Kier molecular flexibility index (Phi) is 3.54. The maximum Gasteiger partial charge on any atom is 0.339 e. The van der Waals surface area contributed by atoms with Crippen molar-refractivity contribution in [1.29, 1.82) is 0 Å². The minimum absolute atomic E-state index is 0.120. The van der Waals surface area contributed by atoms with Crippen LogP contribution in [0.3, 0.4) is 0 Å². The minimum atomic E-state index is -1.70. The fourth-order valence-electron chi connectivity index (χ4n) is 1.43. The van der Waals surface area contributed by atoms with E-state index in [0.29, 0.717) is 6.54 Å². The van der Waals surface area contributed by atoms with Crippen LogP contribution in [0.1, 0.15) is 13.8 Å². The minimum Gasteiger partial charge on any atom is -0.467 e. The van der Waals surface area contributed by atoms with Crippen LogP contribution in [0.15, 0.2) is 17.2 Å². The van der Waals surface area contributed by atoms with Crippen molar-refractivity contribution in [3.63, 3.8) is 0 Å². The number of aryl methyl sites for hydroxylation is 1. The van der Waals surface area contributed by atoms with Gasteiger partial charge in [-0.05, 0) is 13.8 Å². The van der Waals surface area contributed by atoms with Crippen LogP contribution in [-0.2, 0) is 22.6 Å². The number of imidazole rings is 1. The average Bonchev–Trinajstić information content (AvgIpc) is 2.58. The van der Waals surface area contributed by atoms with Crippen LogP contribution < -0.4 is 5.69 Å². The first-order valence-electron chi connectivity index (χ1n) is 4.98. The number of aliphatic hydroxyl groups is 1. The fourth-order valence-corrected chi connectivity index (χ4v) is 1.43. The first-order chi connectivity index (χ1) is 7.42. The summed E-state index contributed by atoms with van der Waals surface area (Å²) in [6.07, 6.45) is 3.14. The quantitative estimate of drug-likeness (QED) is 0.711. The standard InChI is InChI=1S/C10H16N2O4/c1-4-11-5-6-12(9(11)14)7-10(2,15)8(13)16-3/h5-6,15H,4,7H2,1-3H3. The van der Waals surface area contributed by atoms with Gasteiger partial charge in [-0.15, -0.1) is 0 Å². The molecule has 1 atom stereocenters. The second-order valence-electron chi connectivity index (χ2n) is 3.76. The summed E-state index contributed by atoms with van der Waals surface area (Å²) in [4.78, 5) is 22.9. The highest BCUT2D eigenvalue weighted by Crippen LogP contribution is 2.08. The number of ether oxygens (including phenoxy) is 1. The molecule has 16 heavy (non-hydrogen) atoms. The van der Waals surface area contributed by atoms with E-state index in [1.54, 1.807) is 6.20 Å². The predicted molar refractivity (Wildman–Crippen MR) is 57.0 cm³/mol. The van der Waals surface area contributed by atoms with Crippen LogP contribution in [0.2, 0.25) is 0 Å². The number of hydrogen-bond acceptors (Lipinski definition) is 4. The average molecular weight is 228 g/mol. The van der Waals surface area contributed by atoms with Crippen molar-refractivity contribution >= 4 is 5.97 Å². The van der Waals surface area contributed by atoms with Crippen LogP contribution in [0, 0.1) is 0 Å². The Hall–Kier alpha value is -1.56. The molecule has 1 aromatic rings. The highest BCUT2D eigenvalue weighted by Gasteiger charge is 2.32. The summed E-state index contributed by atoms with van der Waals surface area (Å²) in [5.74, 6) is -0.761. The number of aromatic nitrogens is 2. The van der Waals surface area contributed by atoms with Gasteiger partial charge < -0.3 is 9.84 Å². The third kappa shape index (κ3) is 2.33. The van der Waals surface area contributed by atoms with Gasteiger partial charge in [-0.25, -0.2) is 9.59 Å². The molecular formula is C10H16N2O4. The fraction of sp³-hybridized carbons (Fsp3) is 0.600. The van der Waals surface area contributed by atoms with Crippen molar-refractivity contribution in [3.8, 4) is 0 Å². The SMILES string of the molecule is CCn1ccn(CC(C)(O)C(=O)OC)c1=O. The molecule has 0 amide bonds. The monoisotopic (exact) mass is 228 g/mol. The van der Waals surface area contributed by atoms with Gasteiger partial charge in [0.1, 0.15) is 0 Å². The number of carbonyl (C=O) groups excluding carboxylic acids is 1. The molecule has 0 aliphatic rings. The summed E-state index contributed by atoms with van der Waals surface area (Å²) >= 11 is 0. The lowest BCUT2D eigenvalue weighted by molar-refractivity contribution is -0.161. The molecule has 0 aromatic carbocycles. The number of nitrogens with zero attached hydrogens (tertiary/aromatic N) is 2. The van der Waals surface area contributed by atoms with E-state index in [2.05, 4.69) is 4.74 Å². The topological polar surface area (TPSA) is 73.5 Å². The van der Waals surface area contributed by atoms with E-state index in [4.69, 9.17) is 0 Å². The maximum absolute atomic E-state index is 11.7. The van der Waals surface area contributed by atoms with Crippen molar-refractivity contribution in [3.05, 3.63) is 22.9 Å². The Bertz CT molecular complexity index is 430. The summed E-state index contributed by atoms with van der Waals surface area (Å²) in [5.41, 5.74) is -1.95. The zero-order valence-corrected chi connectivity index (χ0v) is 9.64. The molecule has 0 saturated heterocycles. The first-order valence-corrected chi connectivity index (χ1v) is 4.98. The largest absolute Gasteiger partial charge is 0.467 e. The van der Waals surface area contributed by atoms with Gasteiger partial charge in [0, 0.05) is 18.9 Å². The number of rotatable bonds is 4. The molecule has 90 valence electrons. The van der Waals surface area contributed by atoms with Crippen LogP contribution >= 0.6 is 0 Å². The second kappa shape index (κ2) is 4.52. The zero-order chi connectivity index (χ0) is 12.3. The van der Waals surface area contributed by atoms with Crippen LogP contribution in [0.5, 0.6) is 0 Å². The van der Waals surface area contributed by atoms with Gasteiger partial charge in [0.25, 0.3) is 0 Å². The van der Waals surface area contributed by atoms with Gasteiger partial charge in [-0.2, -0.15) is 0 Å². The van der Waals surface area contributed by atoms with Gasteiger partial charge in [-0.3, -0.25) is 9.13 Å². The summed E-state index contributed by atoms with van der Waals surface area (Å²) in [6, 6.07) is 0. The molecule has 0 aliphatic heterocycles. The molecule has 0 spiro atoms. The van der Waals surface area contributed by atoms with Gasteiger partial charge >= 0.3 is 11.7 Å². The molecule has 1 rings (SSSR count). The second-order valence-corrected chi connectivity index (χ2v) is 3.76. The Morgan fingerprint density at radius 3 is 2.50 bits per heavy atom. The smallest absolute Gasteiger partial charge is 0.339 e. The van der Waals surface area contributed by atoms with Crippen molar-refractivity contribution < 1.29 is 14.6 Å². The number of hydrogen-bond donors (Lipinski definition) is 1. The molecule has 1 N–H and O–H groups in total. The number of carbonyl (C=O) groups is 1. The van der Waals surface area contributed by atoms with E-state index in [9.17, 15) is 14.7 Å². The highest BCUT2D eigenvalue weighted by molar-refractivity contribution is 5.78. The molecule has 0 fully saturated rings. The lowest BCUT2D eigenvalue weighted by atomic mass is 10.1. The third-order valence-electron chi connectivity index (χ3n) is 2.36. The normalized spacial score (nSPS) is 14.5. The molecule has 1 heterocycles. The molecule has 0 saturated carbocycles. The van der Waals surface area contributed by atoms with E-state index in [-0.39, 0.29) is 12.2 Å². The van der Waals surface area contributed by atoms with E-state index in [1.807, 2.05) is 6.92 Å². The summed E-state index contributed by atoms with van der Waals surface area (Å²) in [7, 11) is 1.19. The van der Waals surface area contributed by atoms with Gasteiger partial charge in [0.15, 0.2) is 5.60 Å². The third-order valence-corrected chi connectivity index (χ3v) is 2.36. The van der Waals surface area contributed by atoms with E-state index >= 15 is 0 Å². The molecular weight excluding hydrogens is 212 g/mol. The summed E-state index contributed by atoms with van der Waals surface area (Å²) < 4.78 is 7.21. The molecule has 6 heteroatoms. The number of methoxy groups -OCH3 is 1. The summed E-state index contributed by atoms with van der Waals surface area (Å²) in [5, 5.41) is 9.80. The van der Waals surface area contributed by atoms with Gasteiger partial charge in [0.05, 0.1) is 13.7 Å². The lowest BCUT2D eigenvalue weighted by Gasteiger charge is -2.19. The number of esters is 1. The Labute approximate surface area is 93.1 Å². The van der Waals surface area contributed by atoms with E-state index in [1.165, 1.54) is 29.4 Å². The Morgan fingerprint density at radius 1 is 1.50 bits per heavy atom. The molecule has 0 aliphatic carbocycles. The lowest BCUT2D eigenvalue weighted by Crippen LogP contribution is -2.43. The van der Waals surface area contributed by atoms with Gasteiger partial charge in [-0.1, -0.05) is 0 Å². The molecule has 1 unspecified atom stereocenters.